The Kier molecular flexibility index (Phi) is 4.92. The quantitative estimate of drug-likeness (QED) is 0.651. The van der Waals surface area contributed by atoms with Gasteiger partial charge in [0.05, 0.1) is 0 Å². The molecule has 0 radical (unpaired) electrons. The molecule has 3 aromatic rings. The average Bonchev–Trinajstić information content (AvgIpc) is 3.19. The number of carbonyl (C=O) groups is 1. The highest BCUT2D eigenvalue weighted by Gasteiger charge is 2.35. The summed E-state index contributed by atoms with van der Waals surface area (Å²) in [4.78, 5) is 20.8. The number of alkyl halides is 3. The standard InChI is InChI=1S/C18H17F3N6O3/c1-9(23-16(28)12-8-13(18(19,20)21)25-27(12)2)17-24-15(26-30-17)10-5-6-22-14(7-10)29-11-3-4-11/h5-9,11H,3-4H2,1-2H3,(H,23,28). The fourth-order valence-electron chi connectivity index (χ4n) is 2.65. The van der Waals surface area contributed by atoms with Crippen LogP contribution in [0.4, 0.5) is 13.2 Å². The van der Waals surface area contributed by atoms with Gasteiger partial charge in [-0.05, 0) is 25.8 Å². The number of nitrogens with zero attached hydrogens (tertiary/aromatic N) is 5. The fraction of sp³-hybridized carbons (Fsp3) is 0.389. The van der Waals surface area contributed by atoms with E-state index in [1.807, 2.05) is 0 Å². The Balaban J connectivity index is 1.46. The monoisotopic (exact) mass is 422 g/mol. The van der Waals surface area contributed by atoms with Gasteiger partial charge in [-0.25, -0.2) is 4.98 Å². The van der Waals surface area contributed by atoms with Crippen LogP contribution in [0.15, 0.2) is 28.9 Å². The summed E-state index contributed by atoms with van der Waals surface area (Å²) in [6.45, 7) is 1.57. The minimum Gasteiger partial charge on any atom is -0.474 e. The van der Waals surface area contributed by atoms with Crippen molar-refractivity contribution in [2.24, 2.45) is 7.05 Å². The molecule has 1 saturated carbocycles. The van der Waals surface area contributed by atoms with E-state index in [0.29, 0.717) is 17.5 Å². The highest BCUT2D eigenvalue weighted by molar-refractivity contribution is 5.92. The second-order valence-corrected chi connectivity index (χ2v) is 6.89. The minimum absolute atomic E-state index is 0.0954. The Bertz CT molecular complexity index is 1070. The molecule has 4 rings (SSSR count). The fourth-order valence-corrected chi connectivity index (χ4v) is 2.65. The molecule has 0 spiro atoms. The summed E-state index contributed by atoms with van der Waals surface area (Å²) in [6, 6.07) is 3.31. The summed E-state index contributed by atoms with van der Waals surface area (Å²) in [5, 5.41) is 9.74. The topological polar surface area (TPSA) is 108 Å². The number of aromatic nitrogens is 5. The van der Waals surface area contributed by atoms with Crippen LogP contribution in [0.25, 0.3) is 11.4 Å². The van der Waals surface area contributed by atoms with Crippen molar-refractivity contribution in [3.8, 4) is 17.3 Å². The van der Waals surface area contributed by atoms with Crippen LogP contribution in [0.3, 0.4) is 0 Å². The Morgan fingerprint density at radius 3 is 2.80 bits per heavy atom. The third kappa shape index (κ3) is 4.26. The number of ether oxygens (including phenoxy) is 1. The van der Waals surface area contributed by atoms with E-state index in [9.17, 15) is 18.0 Å². The summed E-state index contributed by atoms with van der Waals surface area (Å²) in [6.07, 6.45) is -0.897. The first-order valence-electron chi connectivity index (χ1n) is 9.09. The molecule has 9 nitrogen and oxygen atoms in total. The molecule has 0 aromatic carbocycles. The third-order valence-electron chi connectivity index (χ3n) is 4.37. The molecule has 30 heavy (non-hydrogen) atoms. The van der Waals surface area contributed by atoms with Crippen molar-refractivity contribution in [1.29, 1.82) is 0 Å². The van der Waals surface area contributed by atoms with E-state index in [2.05, 4.69) is 25.5 Å². The van der Waals surface area contributed by atoms with E-state index in [1.165, 1.54) is 7.05 Å². The highest BCUT2D eigenvalue weighted by Crippen LogP contribution is 2.29. The normalized spacial score (nSPS) is 15.1. The van der Waals surface area contributed by atoms with Gasteiger partial charge in [-0.1, -0.05) is 5.16 Å². The number of amides is 1. The van der Waals surface area contributed by atoms with Crippen LogP contribution >= 0.6 is 0 Å². The van der Waals surface area contributed by atoms with E-state index < -0.39 is 23.8 Å². The summed E-state index contributed by atoms with van der Waals surface area (Å²) >= 11 is 0. The van der Waals surface area contributed by atoms with Gasteiger partial charge in [-0.15, -0.1) is 0 Å². The predicted molar refractivity (Wildman–Crippen MR) is 95.3 cm³/mol. The number of halogens is 3. The zero-order chi connectivity index (χ0) is 21.5. The lowest BCUT2D eigenvalue weighted by molar-refractivity contribution is -0.141. The number of rotatable bonds is 6. The number of carbonyl (C=O) groups excluding carboxylic acids is 1. The van der Waals surface area contributed by atoms with Crippen LogP contribution in [0.5, 0.6) is 5.88 Å². The summed E-state index contributed by atoms with van der Waals surface area (Å²) in [5.41, 5.74) is -0.773. The van der Waals surface area contributed by atoms with Gasteiger partial charge in [0, 0.05) is 30.9 Å². The van der Waals surface area contributed by atoms with Crippen LogP contribution in [0.1, 0.15) is 47.9 Å². The Hall–Kier alpha value is -3.44. The van der Waals surface area contributed by atoms with Crippen molar-refractivity contribution in [2.45, 2.75) is 38.1 Å². The van der Waals surface area contributed by atoms with Crippen molar-refractivity contribution in [2.75, 3.05) is 0 Å². The summed E-state index contributed by atoms with van der Waals surface area (Å²) in [7, 11) is 1.25. The predicted octanol–water partition coefficient (Wildman–Crippen LogP) is 2.92. The molecule has 1 N–H and O–H groups in total. The van der Waals surface area contributed by atoms with Crippen LogP contribution in [-0.2, 0) is 13.2 Å². The summed E-state index contributed by atoms with van der Waals surface area (Å²) in [5.74, 6) is 0.0724. The van der Waals surface area contributed by atoms with Crippen LogP contribution < -0.4 is 10.1 Å². The number of hydrogen-bond acceptors (Lipinski definition) is 7. The van der Waals surface area contributed by atoms with Crippen LogP contribution in [-0.4, -0.2) is 36.9 Å². The summed E-state index contributed by atoms with van der Waals surface area (Å²) < 4.78 is 50.1. The Morgan fingerprint density at radius 1 is 1.37 bits per heavy atom. The second kappa shape index (κ2) is 7.43. The molecular formula is C18H17F3N6O3. The van der Waals surface area contributed by atoms with Gasteiger partial charge < -0.3 is 14.6 Å². The molecule has 1 fully saturated rings. The molecule has 0 saturated heterocycles. The molecule has 1 aliphatic rings. The van der Waals surface area contributed by atoms with E-state index in [0.717, 1.165) is 17.5 Å². The molecule has 1 unspecified atom stereocenters. The number of nitrogens with one attached hydrogen (secondary N) is 1. The molecule has 1 atom stereocenters. The van der Waals surface area contributed by atoms with Gasteiger partial charge in [0.25, 0.3) is 5.91 Å². The van der Waals surface area contributed by atoms with E-state index in [-0.39, 0.29) is 23.5 Å². The van der Waals surface area contributed by atoms with E-state index >= 15 is 0 Å². The molecule has 158 valence electrons. The van der Waals surface area contributed by atoms with Crippen molar-refractivity contribution in [3.05, 3.63) is 41.7 Å². The minimum atomic E-state index is -4.64. The Labute approximate surface area is 168 Å². The smallest absolute Gasteiger partial charge is 0.435 e. The lowest BCUT2D eigenvalue weighted by Gasteiger charge is -2.09. The maximum atomic E-state index is 12.8. The zero-order valence-corrected chi connectivity index (χ0v) is 16.0. The molecule has 12 heteroatoms. The molecule has 1 aliphatic carbocycles. The van der Waals surface area contributed by atoms with Crippen molar-refractivity contribution < 1.29 is 27.2 Å². The lowest BCUT2D eigenvalue weighted by atomic mass is 10.2. The van der Waals surface area contributed by atoms with Crippen molar-refractivity contribution in [3.63, 3.8) is 0 Å². The Morgan fingerprint density at radius 2 is 2.13 bits per heavy atom. The molecule has 0 bridgehead atoms. The van der Waals surface area contributed by atoms with Gasteiger partial charge in [-0.3, -0.25) is 9.48 Å². The SMILES string of the molecule is CC(NC(=O)c1cc(C(F)(F)F)nn1C)c1nc(-c2ccnc(OC3CC3)c2)no1. The highest BCUT2D eigenvalue weighted by atomic mass is 19.4. The van der Waals surface area contributed by atoms with Crippen molar-refractivity contribution in [1.82, 2.24) is 30.2 Å². The molecular weight excluding hydrogens is 405 g/mol. The van der Waals surface area contributed by atoms with E-state index in [4.69, 9.17) is 9.26 Å². The van der Waals surface area contributed by atoms with Gasteiger partial charge in [0.1, 0.15) is 17.8 Å². The lowest BCUT2D eigenvalue weighted by Crippen LogP contribution is -2.28. The number of pyridine rings is 1. The first-order valence-corrected chi connectivity index (χ1v) is 9.09. The third-order valence-corrected chi connectivity index (χ3v) is 4.37. The largest absolute Gasteiger partial charge is 0.474 e. The van der Waals surface area contributed by atoms with Gasteiger partial charge in [0.2, 0.25) is 17.6 Å². The molecule has 3 aromatic heterocycles. The first kappa shape index (κ1) is 19.9. The van der Waals surface area contributed by atoms with Crippen LogP contribution in [0, 0.1) is 0 Å². The zero-order valence-electron chi connectivity index (χ0n) is 16.0. The second-order valence-electron chi connectivity index (χ2n) is 6.89. The number of aryl methyl sites for hydroxylation is 1. The van der Waals surface area contributed by atoms with Gasteiger partial charge >= 0.3 is 6.18 Å². The van der Waals surface area contributed by atoms with Crippen LogP contribution in [0.2, 0.25) is 0 Å². The first-order chi connectivity index (χ1) is 14.2. The maximum absolute atomic E-state index is 12.8. The van der Waals surface area contributed by atoms with Gasteiger partial charge in [-0.2, -0.15) is 23.3 Å². The van der Waals surface area contributed by atoms with Crippen molar-refractivity contribution >= 4 is 5.91 Å². The molecule has 3 heterocycles. The van der Waals surface area contributed by atoms with E-state index in [1.54, 1.807) is 25.3 Å². The maximum Gasteiger partial charge on any atom is 0.435 e. The average molecular weight is 422 g/mol. The van der Waals surface area contributed by atoms with Gasteiger partial charge in [0.15, 0.2) is 5.69 Å². The molecule has 1 amide bonds. The molecule has 0 aliphatic heterocycles. The number of hydrogen-bond donors (Lipinski definition) is 1.